The molecule has 1 unspecified atom stereocenters. The van der Waals surface area contributed by atoms with Gasteiger partial charge >= 0.3 is 0 Å². The first-order valence-corrected chi connectivity index (χ1v) is 11.3. The molecule has 2 aromatic carbocycles. The summed E-state index contributed by atoms with van der Waals surface area (Å²) in [6.45, 7) is 0.625. The normalized spacial score (nSPS) is 17.8. The van der Waals surface area contributed by atoms with Crippen LogP contribution in [0.15, 0.2) is 54.9 Å². The second kappa shape index (κ2) is 8.01. The molecule has 4 heterocycles. The molecule has 1 saturated heterocycles. The topological polar surface area (TPSA) is 130 Å². The monoisotopic (exact) mass is 468 g/mol. The van der Waals surface area contributed by atoms with Crippen LogP contribution in [0.4, 0.5) is 0 Å². The number of hydrogen-bond donors (Lipinski definition) is 2. The molecule has 4 aromatic rings. The minimum absolute atomic E-state index is 0.0801. The summed E-state index contributed by atoms with van der Waals surface area (Å²) in [6.07, 6.45) is 4.77. The average Bonchev–Trinajstić information content (AvgIpc) is 3.56. The van der Waals surface area contributed by atoms with E-state index in [2.05, 4.69) is 26.7 Å². The molecule has 0 bridgehead atoms. The lowest BCUT2D eigenvalue weighted by atomic mass is 10.0. The summed E-state index contributed by atoms with van der Waals surface area (Å²) in [6, 6.07) is 12.0. The van der Waals surface area contributed by atoms with E-state index in [9.17, 15) is 19.2 Å². The Morgan fingerprint density at radius 2 is 1.83 bits per heavy atom. The van der Waals surface area contributed by atoms with Crippen molar-refractivity contribution in [2.75, 3.05) is 0 Å². The number of piperidine rings is 1. The summed E-state index contributed by atoms with van der Waals surface area (Å²) in [7, 11) is 0. The van der Waals surface area contributed by atoms with Gasteiger partial charge in [0.15, 0.2) is 0 Å². The maximum Gasteiger partial charge on any atom is 0.262 e. The summed E-state index contributed by atoms with van der Waals surface area (Å²) < 4.78 is 1.74. The van der Waals surface area contributed by atoms with Crippen LogP contribution >= 0.6 is 0 Å². The van der Waals surface area contributed by atoms with Gasteiger partial charge in [0, 0.05) is 35.6 Å². The van der Waals surface area contributed by atoms with E-state index in [1.807, 2.05) is 24.4 Å². The standard InChI is InChI=1S/C25H20N6O4/c32-22-8-7-21(23(33)27-22)31-24(34)17-6-5-14(11-18(17)25(31)35)20-13-30(29-28-20)10-9-15-12-26-19-4-2-1-3-16(15)19/h1-6,11-13,21,26H,7-10H2,(H,27,32,33). The summed E-state index contributed by atoms with van der Waals surface area (Å²) in [5.74, 6) is -2.12. The fourth-order valence-corrected chi connectivity index (χ4v) is 4.74. The number of imide groups is 2. The molecule has 35 heavy (non-hydrogen) atoms. The summed E-state index contributed by atoms with van der Waals surface area (Å²) in [4.78, 5) is 53.9. The van der Waals surface area contributed by atoms with Gasteiger partial charge in [-0.05, 0) is 36.6 Å². The highest BCUT2D eigenvalue weighted by atomic mass is 16.2. The van der Waals surface area contributed by atoms with E-state index >= 15 is 0 Å². The molecule has 174 valence electrons. The van der Waals surface area contributed by atoms with Crippen molar-refractivity contribution >= 4 is 34.5 Å². The Hall–Kier alpha value is -4.60. The van der Waals surface area contributed by atoms with Crippen molar-refractivity contribution in [1.82, 2.24) is 30.2 Å². The van der Waals surface area contributed by atoms with E-state index in [1.165, 1.54) is 10.9 Å². The molecule has 10 nitrogen and oxygen atoms in total. The van der Waals surface area contributed by atoms with E-state index in [-0.39, 0.29) is 24.0 Å². The highest BCUT2D eigenvalue weighted by Gasteiger charge is 2.44. The van der Waals surface area contributed by atoms with Crippen molar-refractivity contribution in [3.05, 3.63) is 71.5 Å². The molecule has 0 radical (unpaired) electrons. The molecule has 10 heteroatoms. The molecule has 2 aromatic heterocycles. The van der Waals surface area contributed by atoms with Crippen molar-refractivity contribution in [2.45, 2.75) is 31.8 Å². The minimum Gasteiger partial charge on any atom is -0.361 e. The van der Waals surface area contributed by atoms with Crippen LogP contribution in [0.2, 0.25) is 0 Å². The number of aromatic amines is 1. The van der Waals surface area contributed by atoms with Gasteiger partial charge in [-0.3, -0.25) is 34.1 Å². The van der Waals surface area contributed by atoms with E-state index in [0.29, 0.717) is 17.8 Å². The second-order valence-corrected chi connectivity index (χ2v) is 8.68. The van der Waals surface area contributed by atoms with E-state index < -0.39 is 29.7 Å². The lowest BCUT2D eigenvalue weighted by Gasteiger charge is -2.27. The number of fused-ring (bicyclic) bond motifs is 2. The largest absolute Gasteiger partial charge is 0.361 e. The summed E-state index contributed by atoms with van der Waals surface area (Å²) in [5.41, 5.74) is 3.94. The maximum atomic E-state index is 13.1. The average molecular weight is 468 g/mol. The molecule has 6 rings (SSSR count). The number of benzene rings is 2. The van der Waals surface area contributed by atoms with Crippen molar-refractivity contribution in [2.24, 2.45) is 0 Å². The van der Waals surface area contributed by atoms with Crippen LogP contribution < -0.4 is 5.32 Å². The number of nitrogens with zero attached hydrogens (tertiary/aromatic N) is 4. The molecule has 1 atom stereocenters. The molecule has 2 N–H and O–H groups in total. The van der Waals surface area contributed by atoms with E-state index in [1.54, 1.807) is 29.1 Å². The number of H-pyrrole nitrogens is 1. The first kappa shape index (κ1) is 21.0. The van der Waals surface area contributed by atoms with Gasteiger partial charge < -0.3 is 4.98 Å². The Morgan fingerprint density at radius 3 is 2.69 bits per heavy atom. The quantitative estimate of drug-likeness (QED) is 0.431. The molecule has 0 saturated carbocycles. The number of carbonyl (C=O) groups is 4. The van der Waals surface area contributed by atoms with Gasteiger partial charge in [-0.1, -0.05) is 29.5 Å². The number of hydrogen-bond acceptors (Lipinski definition) is 6. The number of para-hydroxylation sites is 1. The molecule has 0 aliphatic carbocycles. The molecule has 0 spiro atoms. The maximum absolute atomic E-state index is 13.1. The van der Waals surface area contributed by atoms with Crippen molar-refractivity contribution < 1.29 is 19.2 Å². The highest BCUT2D eigenvalue weighted by Crippen LogP contribution is 2.30. The third-order valence-electron chi connectivity index (χ3n) is 6.56. The third kappa shape index (κ3) is 3.50. The van der Waals surface area contributed by atoms with Crippen LogP contribution in [0, 0.1) is 0 Å². The zero-order valence-electron chi connectivity index (χ0n) is 18.5. The van der Waals surface area contributed by atoms with Gasteiger partial charge in [-0.2, -0.15) is 0 Å². The van der Waals surface area contributed by atoms with Gasteiger partial charge in [0.25, 0.3) is 11.8 Å². The van der Waals surface area contributed by atoms with E-state index in [0.717, 1.165) is 16.8 Å². The van der Waals surface area contributed by atoms with Gasteiger partial charge in [-0.25, -0.2) is 0 Å². The number of nitrogens with one attached hydrogen (secondary N) is 2. The number of carbonyl (C=O) groups excluding carboxylic acids is 4. The molecule has 1 fully saturated rings. The smallest absolute Gasteiger partial charge is 0.262 e. The Balaban J connectivity index is 1.21. The van der Waals surface area contributed by atoms with Crippen LogP contribution in [0.3, 0.4) is 0 Å². The lowest BCUT2D eigenvalue weighted by molar-refractivity contribution is -0.136. The Morgan fingerprint density at radius 1 is 1.00 bits per heavy atom. The van der Waals surface area contributed by atoms with Crippen molar-refractivity contribution in [1.29, 1.82) is 0 Å². The Labute approximate surface area is 198 Å². The van der Waals surface area contributed by atoms with Crippen LogP contribution in [0.1, 0.15) is 39.1 Å². The molecular weight excluding hydrogens is 448 g/mol. The predicted octanol–water partition coefficient (Wildman–Crippen LogP) is 2.07. The first-order valence-electron chi connectivity index (χ1n) is 11.3. The zero-order chi connectivity index (χ0) is 24.1. The van der Waals surface area contributed by atoms with Gasteiger partial charge in [0.2, 0.25) is 11.8 Å². The molecule has 2 aliphatic rings. The van der Waals surface area contributed by atoms with Crippen molar-refractivity contribution in [3.8, 4) is 11.3 Å². The highest BCUT2D eigenvalue weighted by molar-refractivity contribution is 6.23. The predicted molar refractivity (Wildman–Crippen MR) is 124 cm³/mol. The van der Waals surface area contributed by atoms with Gasteiger partial charge in [-0.15, -0.1) is 5.10 Å². The van der Waals surface area contributed by atoms with Crippen LogP contribution in [-0.2, 0) is 22.6 Å². The summed E-state index contributed by atoms with van der Waals surface area (Å²) in [5, 5.41) is 11.8. The molecule has 4 amide bonds. The number of rotatable bonds is 5. The first-order chi connectivity index (χ1) is 17.0. The third-order valence-corrected chi connectivity index (χ3v) is 6.56. The Kier molecular flexibility index (Phi) is 4.80. The van der Waals surface area contributed by atoms with Crippen molar-refractivity contribution in [3.63, 3.8) is 0 Å². The van der Waals surface area contributed by atoms with Crippen LogP contribution in [0.25, 0.3) is 22.2 Å². The number of aromatic nitrogens is 4. The number of aryl methyl sites for hydroxylation is 2. The fourth-order valence-electron chi connectivity index (χ4n) is 4.74. The number of amides is 4. The SMILES string of the molecule is O=C1CCC(N2C(=O)c3ccc(-c4cn(CCc5c[nH]c6ccccc56)nn4)cc3C2=O)C(=O)N1. The van der Waals surface area contributed by atoms with Crippen LogP contribution in [-0.4, -0.2) is 54.5 Å². The van der Waals surface area contributed by atoms with Crippen LogP contribution in [0.5, 0.6) is 0 Å². The minimum atomic E-state index is -0.992. The molecular formula is C25H20N6O4. The van der Waals surface area contributed by atoms with Gasteiger partial charge in [0.1, 0.15) is 11.7 Å². The zero-order valence-corrected chi connectivity index (χ0v) is 18.5. The van der Waals surface area contributed by atoms with Gasteiger partial charge in [0.05, 0.1) is 17.3 Å². The summed E-state index contributed by atoms with van der Waals surface area (Å²) >= 11 is 0. The lowest BCUT2D eigenvalue weighted by Crippen LogP contribution is -2.54. The Bertz CT molecular complexity index is 1530. The van der Waals surface area contributed by atoms with E-state index in [4.69, 9.17) is 0 Å². The molecule has 2 aliphatic heterocycles. The second-order valence-electron chi connectivity index (χ2n) is 8.68. The fraction of sp³-hybridized carbons (Fsp3) is 0.200.